The van der Waals surface area contributed by atoms with Gasteiger partial charge in [-0.1, -0.05) is 12.5 Å². The van der Waals surface area contributed by atoms with E-state index in [1.165, 1.54) is 12.1 Å². The molecular weight excluding hydrogens is 312 g/mol. The van der Waals surface area contributed by atoms with E-state index in [1.807, 2.05) is 0 Å². The molecule has 0 aliphatic carbocycles. The topological polar surface area (TPSA) is 44.4 Å². The Morgan fingerprint density at radius 3 is 2.62 bits per heavy atom. The van der Waals surface area contributed by atoms with E-state index in [2.05, 4.69) is 15.5 Å². The summed E-state index contributed by atoms with van der Waals surface area (Å²) in [6, 6.07) is 4.23. The fourth-order valence-corrected chi connectivity index (χ4v) is 3.51. The van der Waals surface area contributed by atoms with E-state index >= 15 is 0 Å². The lowest BCUT2D eigenvalue weighted by atomic mass is 10.0. The van der Waals surface area contributed by atoms with E-state index in [-0.39, 0.29) is 18.0 Å². The fraction of sp³-hybridized carbons (Fsp3) is 0.611. The zero-order valence-corrected chi connectivity index (χ0v) is 13.9. The van der Waals surface area contributed by atoms with Gasteiger partial charge in [0.15, 0.2) is 11.6 Å². The normalized spacial score (nSPS) is 23.2. The molecule has 24 heavy (non-hydrogen) atoms. The predicted molar refractivity (Wildman–Crippen MR) is 88.4 cm³/mol. The second kappa shape index (κ2) is 8.03. The second-order valence-electron chi connectivity index (χ2n) is 6.81. The number of hydrogen-bond acceptors (Lipinski definition) is 3. The predicted octanol–water partition coefficient (Wildman–Crippen LogP) is 2.19. The highest BCUT2D eigenvalue weighted by Crippen LogP contribution is 2.16. The Kier molecular flexibility index (Phi) is 5.79. The third kappa shape index (κ3) is 4.51. The van der Waals surface area contributed by atoms with E-state index in [9.17, 15) is 13.6 Å². The Labute approximate surface area is 141 Å². The Morgan fingerprint density at radius 1 is 1.17 bits per heavy atom. The first-order valence-corrected chi connectivity index (χ1v) is 8.82. The highest BCUT2D eigenvalue weighted by molar-refractivity contribution is 5.82. The fourth-order valence-electron chi connectivity index (χ4n) is 3.51. The summed E-state index contributed by atoms with van der Waals surface area (Å²) in [5, 5.41) is 6.42. The van der Waals surface area contributed by atoms with E-state index < -0.39 is 11.6 Å². The van der Waals surface area contributed by atoms with Gasteiger partial charge in [-0.2, -0.15) is 0 Å². The van der Waals surface area contributed by atoms with Crippen LogP contribution in [0.3, 0.4) is 0 Å². The van der Waals surface area contributed by atoms with Crippen LogP contribution in [-0.4, -0.2) is 42.5 Å². The van der Waals surface area contributed by atoms with Crippen LogP contribution in [0, 0.1) is 11.6 Å². The molecular formula is C18H25F2N3O. The highest BCUT2D eigenvalue weighted by atomic mass is 19.2. The maximum Gasteiger partial charge on any atom is 0.237 e. The third-order valence-electron chi connectivity index (χ3n) is 4.95. The van der Waals surface area contributed by atoms with Crippen LogP contribution in [0.2, 0.25) is 0 Å². The molecule has 0 bridgehead atoms. The molecule has 0 saturated carbocycles. The lowest BCUT2D eigenvalue weighted by Crippen LogP contribution is -2.52. The second-order valence-corrected chi connectivity index (χ2v) is 6.81. The Balaban J connectivity index is 1.43. The van der Waals surface area contributed by atoms with Gasteiger partial charge in [0.25, 0.3) is 0 Å². The summed E-state index contributed by atoms with van der Waals surface area (Å²) in [5.41, 5.74) is 0.780. The molecule has 4 nitrogen and oxygen atoms in total. The lowest BCUT2D eigenvalue weighted by Gasteiger charge is -2.33. The van der Waals surface area contributed by atoms with Crippen LogP contribution >= 0.6 is 0 Å². The maximum absolute atomic E-state index is 13.3. The summed E-state index contributed by atoms with van der Waals surface area (Å²) in [4.78, 5) is 14.5. The van der Waals surface area contributed by atoms with Crippen molar-refractivity contribution in [2.24, 2.45) is 0 Å². The average Bonchev–Trinajstić information content (AvgIpc) is 2.61. The van der Waals surface area contributed by atoms with Gasteiger partial charge >= 0.3 is 0 Å². The number of carbonyl (C=O) groups is 1. The summed E-state index contributed by atoms with van der Waals surface area (Å²) < 4.78 is 26.2. The molecule has 1 aromatic carbocycles. The van der Waals surface area contributed by atoms with Gasteiger partial charge in [-0.15, -0.1) is 0 Å². The zero-order chi connectivity index (χ0) is 16.9. The molecule has 0 radical (unpaired) electrons. The summed E-state index contributed by atoms with van der Waals surface area (Å²) in [7, 11) is 0. The van der Waals surface area contributed by atoms with E-state index in [0.717, 1.165) is 57.3 Å². The lowest BCUT2D eigenvalue weighted by molar-refractivity contribution is -0.124. The number of hydrogen-bond donors (Lipinski definition) is 2. The van der Waals surface area contributed by atoms with Gasteiger partial charge in [-0.25, -0.2) is 8.78 Å². The van der Waals surface area contributed by atoms with Crippen molar-refractivity contribution >= 4 is 5.91 Å². The van der Waals surface area contributed by atoms with Crippen molar-refractivity contribution in [1.82, 2.24) is 15.5 Å². The zero-order valence-electron chi connectivity index (χ0n) is 13.9. The minimum atomic E-state index is -0.809. The molecule has 0 aromatic heterocycles. The molecule has 1 aromatic rings. The van der Waals surface area contributed by atoms with Crippen molar-refractivity contribution in [2.75, 3.05) is 19.6 Å². The molecule has 1 atom stereocenters. The van der Waals surface area contributed by atoms with E-state index in [0.29, 0.717) is 6.54 Å². The minimum Gasteiger partial charge on any atom is -0.352 e. The molecule has 1 unspecified atom stereocenters. The number of piperidine rings is 2. The first-order chi connectivity index (χ1) is 11.6. The molecule has 2 aliphatic heterocycles. The first kappa shape index (κ1) is 17.3. The quantitative estimate of drug-likeness (QED) is 0.885. The van der Waals surface area contributed by atoms with Crippen LogP contribution in [0.15, 0.2) is 18.2 Å². The number of halogens is 2. The largest absolute Gasteiger partial charge is 0.352 e. The van der Waals surface area contributed by atoms with Crippen molar-refractivity contribution in [3.8, 4) is 0 Å². The molecule has 2 N–H and O–H groups in total. The molecule has 132 valence electrons. The molecule has 2 heterocycles. The molecule has 3 rings (SSSR count). The van der Waals surface area contributed by atoms with Gasteiger partial charge in [0.1, 0.15) is 0 Å². The van der Waals surface area contributed by atoms with Crippen molar-refractivity contribution in [2.45, 2.75) is 50.7 Å². The van der Waals surface area contributed by atoms with Crippen LogP contribution in [0.25, 0.3) is 0 Å². The van der Waals surface area contributed by atoms with Gasteiger partial charge in [0.05, 0.1) is 6.04 Å². The van der Waals surface area contributed by atoms with E-state index in [1.54, 1.807) is 6.07 Å². The van der Waals surface area contributed by atoms with Gasteiger partial charge in [-0.05, 0) is 49.9 Å². The van der Waals surface area contributed by atoms with Crippen LogP contribution in [0.5, 0.6) is 0 Å². The Morgan fingerprint density at radius 2 is 1.96 bits per heavy atom. The summed E-state index contributed by atoms with van der Waals surface area (Å²) in [6.07, 6.45) is 4.95. The van der Waals surface area contributed by atoms with Gasteiger partial charge in [0, 0.05) is 25.7 Å². The maximum atomic E-state index is 13.3. The average molecular weight is 337 g/mol. The van der Waals surface area contributed by atoms with Crippen molar-refractivity contribution in [3.05, 3.63) is 35.4 Å². The monoisotopic (exact) mass is 337 g/mol. The minimum absolute atomic E-state index is 0.0426. The van der Waals surface area contributed by atoms with Crippen LogP contribution in [0.4, 0.5) is 8.78 Å². The van der Waals surface area contributed by atoms with Crippen molar-refractivity contribution in [3.63, 3.8) is 0 Å². The molecule has 0 spiro atoms. The van der Waals surface area contributed by atoms with Gasteiger partial charge in [0.2, 0.25) is 5.91 Å². The van der Waals surface area contributed by atoms with Crippen LogP contribution in [0.1, 0.15) is 37.7 Å². The number of amides is 1. The molecule has 2 saturated heterocycles. The molecule has 1 amide bonds. The van der Waals surface area contributed by atoms with Crippen LogP contribution in [-0.2, 0) is 11.3 Å². The number of likely N-dealkylation sites (tertiary alicyclic amines) is 1. The smallest absolute Gasteiger partial charge is 0.237 e. The van der Waals surface area contributed by atoms with E-state index in [4.69, 9.17) is 0 Å². The summed E-state index contributed by atoms with van der Waals surface area (Å²) in [5.74, 6) is -1.49. The summed E-state index contributed by atoms with van der Waals surface area (Å²) >= 11 is 0. The van der Waals surface area contributed by atoms with Gasteiger partial charge < -0.3 is 10.6 Å². The van der Waals surface area contributed by atoms with Crippen molar-refractivity contribution < 1.29 is 13.6 Å². The van der Waals surface area contributed by atoms with Crippen LogP contribution < -0.4 is 10.6 Å². The van der Waals surface area contributed by atoms with Gasteiger partial charge in [-0.3, -0.25) is 9.69 Å². The number of benzene rings is 1. The molecule has 6 heteroatoms. The summed E-state index contributed by atoms with van der Waals surface area (Å²) in [6.45, 7) is 3.23. The number of nitrogens with one attached hydrogen (secondary N) is 2. The number of nitrogens with zero attached hydrogens (tertiary/aromatic N) is 1. The number of carbonyl (C=O) groups excluding carboxylic acids is 1. The first-order valence-electron chi connectivity index (χ1n) is 8.82. The number of rotatable bonds is 4. The Hall–Kier alpha value is -1.53. The standard InChI is InChI=1S/C18H25F2N3O/c19-15-5-4-13(11-16(15)20)12-23-9-6-14(7-10-23)22-18(24)17-3-1-2-8-21-17/h4-5,11,14,17,21H,1-3,6-10,12H2,(H,22,24). The van der Waals surface area contributed by atoms with Crippen molar-refractivity contribution in [1.29, 1.82) is 0 Å². The SMILES string of the molecule is O=C(NC1CCN(Cc2ccc(F)c(F)c2)CC1)C1CCCCN1. The highest BCUT2D eigenvalue weighted by Gasteiger charge is 2.25. The Bertz CT molecular complexity index is 567. The molecule has 2 aliphatic rings. The molecule has 2 fully saturated rings. The third-order valence-corrected chi connectivity index (χ3v) is 4.95.